The van der Waals surface area contributed by atoms with Crippen LogP contribution >= 0.6 is 0 Å². The molecule has 1 saturated heterocycles. The maximum Gasteiger partial charge on any atom is 0.225 e. The molecule has 0 spiro atoms. The zero-order valence-electron chi connectivity index (χ0n) is 10.6. The molecule has 2 heterocycles. The number of anilines is 1. The molecule has 5 heteroatoms. The fourth-order valence-electron chi connectivity index (χ4n) is 2.78. The van der Waals surface area contributed by atoms with Crippen LogP contribution in [0.25, 0.3) is 11.0 Å². The predicted octanol–water partition coefficient (Wildman–Crippen LogP) is 1.74. The summed E-state index contributed by atoms with van der Waals surface area (Å²) < 4.78 is 0. The van der Waals surface area contributed by atoms with E-state index < -0.39 is 0 Å². The number of rotatable bonds is 3. The number of aromatic amines is 1. The van der Waals surface area contributed by atoms with Crippen molar-refractivity contribution >= 4 is 22.9 Å². The molecule has 1 saturated carbocycles. The summed E-state index contributed by atoms with van der Waals surface area (Å²) in [5, 5.41) is 3.34. The third kappa shape index (κ3) is 1.95. The summed E-state index contributed by atoms with van der Waals surface area (Å²) in [4.78, 5) is 21.6. The van der Waals surface area contributed by atoms with Crippen molar-refractivity contribution in [2.75, 3.05) is 11.9 Å². The average Bonchev–Trinajstić information content (AvgIpc) is 3.06. The topological polar surface area (TPSA) is 61.0 Å². The quantitative estimate of drug-likeness (QED) is 0.879. The predicted molar refractivity (Wildman–Crippen MR) is 72.9 cm³/mol. The molecular weight excluding hydrogens is 240 g/mol. The Morgan fingerprint density at radius 3 is 2.95 bits per heavy atom. The van der Waals surface area contributed by atoms with Gasteiger partial charge < -0.3 is 15.2 Å². The molecule has 1 aromatic carbocycles. The summed E-state index contributed by atoms with van der Waals surface area (Å²) in [6.45, 7) is 0.806. The van der Waals surface area contributed by atoms with E-state index in [0.717, 1.165) is 23.5 Å². The summed E-state index contributed by atoms with van der Waals surface area (Å²) in [5.41, 5.74) is 1.97. The van der Waals surface area contributed by atoms with E-state index in [0.29, 0.717) is 12.5 Å². The number of fused-ring (bicyclic) bond motifs is 1. The molecular formula is C14H16N4O. The minimum absolute atomic E-state index is 0.175. The molecule has 0 radical (unpaired) electrons. The minimum Gasteiger partial charge on any atom is -0.351 e. The summed E-state index contributed by atoms with van der Waals surface area (Å²) in [5.74, 6) is 1.03. The second-order valence-corrected chi connectivity index (χ2v) is 5.43. The Bertz CT molecular complexity index is 598. The molecule has 1 unspecified atom stereocenters. The molecule has 2 aromatic rings. The molecule has 4 rings (SSSR count). The maximum atomic E-state index is 11.9. The van der Waals surface area contributed by atoms with E-state index in [1.165, 1.54) is 12.8 Å². The third-order valence-electron chi connectivity index (χ3n) is 3.88. The fourth-order valence-corrected chi connectivity index (χ4v) is 2.78. The van der Waals surface area contributed by atoms with Crippen LogP contribution in [-0.4, -0.2) is 39.4 Å². The number of H-pyrrole nitrogens is 1. The number of nitrogens with one attached hydrogen (secondary N) is 2. The van der Waals surface area contributed by atoms with Gasteiger partial charge in [-0.25, -0.2) is 4.98 Å². The van der Waals surface area contributed by atoms with Gasteiger partial charge in [0, 0.05) is 19.0 Å². The smallest absolute Gasteiger partial charge is 0.225 e. The van der Waals surface area contributed by atoms with Crippen molar-refractivity contribution < 1.29 is 4.79 Å². The number of likely N-dealkylation sites (tertiary alicyclic amines) is 1. The van der Waals surface area contributed by atoms with Gasteiger partial charge in [0.15, 0.2) is 0 Å². The van der Waals surface area contributed by atoms with Crippen molar-refractivity contribution in [3.05, 3.63) is 24.3 Å². The summed E-state index contributed by atoms with van der Waals surface area (Å²) in [6.07, 6.45) is 2.92. The van der Waals surface area contributed by atoms with E-state index in [-0.39, 0.29) is 11.9 Å². The van der Waals surface area contributed by atoms with Gasteiger partial charge >= 0.3 is 0 Å². The number of carbonyl (C=O) groups excluding carboxylic acids is 1. The Hall–Kier alpha value is -2.04. The van der Waals surface area contributed by atoms with Gasteiger partial charge in [-0.05, 0) is 25.0 Å². The van der Waals surface area contributed by atoms with Crippen LogP contribution < -0.4 is 5.32 Å². The van der Waals surface area contributed by atoms with Gasteiger partial charge in [-0.2, -0.15) is 0 Å². The van der Waals surface area contributed by atoms with Crippen molar-refractivity contribution in [2.45, 2.75) is 31.3 Å². The van der Waals surface area contributed by atoms with E-state index in [4.69, 9.17) is 0 Å². The van der Waals surface area contributed by atoms with Crippen LogP contribution in [0.2, 0.25) is 0 Å². The number of hydrogen-bond acceptors (Lipinski definition) is 3. The Morgan fingerprint density at radius 2 is 2.16 bits per heavy atom. The Morgan fingerprint density at radius 1 is 1.32 bits per heavy atom. The van der Waals surface area contributed by atoms with Gasteiger partial charge in [0.05, 0.1) is 17.1 Å². The monoisotopic (exact) mass is 256 g/mol. The standard InChI is InChI=1S/C14H16N4O/c19-13-7-9(8-18(13)10-5-6-10)15-14-16-11-3-1-2-4-12(11)17-14/h1-4,9-10H,5-8H2,(H2,15,16,17). The zero-order chi connectivity index (χ0) is 12.8. The number of nitrogens with zero attached hydrogens (tertiary/aromatic N) is 2. The number of aromatic nitrogens is 2. The van der Waals surface area contributed by atoms with Gasteiger partial charge in [-0.1, -0.05) is 12.1 Å². The van der Waals surface area contributed by atoms with Crippen LogP contribution in [-0.2, 0) is 4.79 Å². The number of benzene rings is 1. The largest absolute Gasteiger partial charge is 0.351 e. The van der Waals surface area contributed by atoms with E-state index >= 15 is 0 Å². The average molecular weight is 256 g/mol. The number of hydrogen-bond donors (Lipinski definition) is 2. The first-order valence-electron chi connectivity index (χ1n) is 6.80. The third-order valence-corrected chi connectivity index (χ3v) is 3.88. The Balaban J connectivity index is 1.50. The molecule has 1 aliphatic heterocycles. The Kier molecular flexibility index (Phi) is 2.27. The lowest BCUT2D eigenvalue weighted by atomic mass is 10.3. The van der Waals surface area contributed by atoms with Gasteiger partial charge in [0.1, 0.15) is 0 Å². The summed E-state index contributed by atoms with van der Waals surface area (Å²) in [6, 6.07) is 8.62. The highest BCUT2D eigenvalue weighted by atomic mass is 16.2. The second kappa shape index (κ2) is 3.98. The van der Waals surface area contributed by atoms with Crippen LogP contribution in [0.1, 0.15) is 19.3 Å². The van der Waals surface area contributed by atoms with Crippen molar-refractivity contribution in [2.24, 2.45) is 0 Å². The SMILES string of the molecule is O=C1CC(Nc2nc3ccccc3[nH]2)CN1C1CC1. The van der Waals surface area contributed by atoms with Crippen molar-refractivity contribution in [3.8, 4) is 0 Å². The van der Waals surface area contributed by atoms with Crippen molar-refractivity contribution in [3.63, 3.8) is 0 Å². The maximum absolute atomic E-state index is 11.9. The molecule has 1 amide bonds. The molecule has 1 atom stereocenters. The molecule has 98 valence electrons. The van der Waals surface area contributed by atoms with Crippen LogP contribution in [0.4, 0.5) is 5.95 Å². The zero-order valence-corrected chi connectivity index (χ0v) is 10.6. The first kappa shape index (κ1) is 10.8. The lowest BCUT2D eigenvalue weighted by Crippen LogP contribution is -2.29. The second-order valence-electron chi connectivity index (χ2n) is 5.43. The van der Waals surface area contributed by atoms with Gasteiger partial charge in [-0.3, -0.25) is 4.79 Å². The van der Waals surface area contributed by atoms with E-state index in [9.17, 15) is 4.79 Å². The molecule has 2 N–H and O–H groups in total. The highest BCUT2D eigenvalue weighted by molar-refractivity contribution is 5.81. The molecule has 1 aliphatic carbocycles. The number of para-hydroxylation sites is 2. The van der Waals surface area contributed by atoms with E-state index in [1.807, 2.05) is 29.2 Å². The number of amides is 1. The van der Waals surface area contributed by atoms with Gasteiger partial charge in [0.2, 0.25) is 11.9 Å². The normalized spacial score (nSPS) is 23.3. The first-order chi connectivity index (χ1) is 9.29. The van der Waals surface area contributed by atoms with Crippen LogP contribution in [0.3, 0.4) is 0 Å². The van der Waals surface area contributed by atoms with Crippen LogP contribution in [0.5, 0.6) is 0 Å². The Labute approximate surface area is 111 Å². The molecule has 19 heavy (non-hydrogen) atoms. The van der Waals surface area contributed by atoms with E-state index in [2.05, 4.69) is 15.3 Å². The highest BCUT2D eigenvalue weighted by Crippen LogP contribution is 2.31. The molecule has 2 fully saturated rings. The van der Waals surface area contributed by atoms with Crippen molar-refractivity contribution in [1.29, 1.82) is 0 Å². The first-order valence-corrected chi connectivity index (χ1v) is 6.80. The lowest BCUT2D eigenvalue weighted by Gasteiger charge is -2.15. The number of imidazole rings is 1. The van der Waals surface area contributed by atoms with Gasteiger partial charge in [0.25, 0.3) is 0 Å². The molecule has 2 aliphatic rings. The summed E-state index contributed by atoms with van der Waals surface area (Å²) in [7, 11) is 0. The number of carbonyl (C=O) groups is 1. The van der Waals surface area contributed by atoms with Crippen LogP contribution in [0.15, 0.2) is 24.3 Å². The molecule has 1 aromatic heterocycles. The minimum atomic E-state index is 0.175. The van der Waals surface area contributed by atoms with Crippen molar-refractivity contribution in [1.82, 2.24) is 14.9 Å². The lowest BCUT2D eigenvalue weighted by molar-refractivity contribution is -0.128. The highest BCUT2D eigenvalue weighted by Gasteiger charge is 2.39. The summed E-state index contributed by atoms with van der Waals surface area (Å²) >= 11 is 0. The van der Waals surface area contributed by atoms with Crippen LogP contribution in [0, 0.1) is 0 Å². The fraction of sp³-hybridized carbons (Fsp3) is 0.429. The van der Waals surface area contributed by atoms with Gasteiger partial charge in [-0.15, -0.1) is 0 Å². The van der Waals surface area contributed by atoms with E-state index in [1.54, 1.807) is 0 Å². The molecule has 0 bridgehead atoms. The molecule has 5 nitrogen and oxygen atoms in total.